The van der Waals surface area contributed by atoms with Gasteiger partial charge in [0.15, 0.2) is 0 Å². The molecule has 6 nitrogen and oxygen atoms in total. The molecule has 9 heteroatoms. The molecule has 1 heterocycles. The monoisotopic (exact) mass is 411 g/mol. The minimum Gasteiger partial charge on any atom is -0.324 e. The van der Waals surface area contributed by atoms with Crippen LogP contribution in [0.15, 0.2) is 64.2 Å². The minimum atomic E-state index is -4.60. The Hall–Kier alpha value is -1.54. The highest BCUT2D eigenvalue weighted by atomic mass is 32.2. The Labute approximate surface area is 155 Å². The Morgan fingerprint density at radius 3 is 2.35 bits per heavy atom. The number of hydrogen-bond donors (Lipinski definition) is 2. The Balaban J connectivity index is 2.12. The molecule has 2 aromatic carbocycles. The van der Waals surface area contributed by atoms with E-state index < -0.39 is 29.9 Å². The highest BCUT2D eigenvalue weighted by Gasteiger charge is 2.36. The summed E-state index contributed by atoms with van der Waals surface area (Å²) >= 11 is 1.05. The molecule has 2 N–H and O–H groups in total. The number of benzene rings is 2. The molecule has 0 amide bonds. The summed E-state index contributed by atoms with van der Waals surface area (Å²) in [5, 5.41) is 3.05. The Morgan fingerprint density at radius 1 is 1.08 bits per heavy atom. The number of rotatable bonds is 6. The first-order valence-corrected chi connectivity index (χ1v) is 11.9. The van der Waals surface area contributed by atoms with Gasteiger partial charge in [0.1, 0.15) is 10.5 Å². The zero-order valence-electron chi connectivity index (χ0n) is 13.9. The summed E-state index contributed by atoms with van der Waals surface area (Å²) in [4.78, 5) is 18.9. The lowest BCUT2D eigenvalue weighted by molar-refractivity contribution is 0.318. The minimum absolute atomic E-state index is 0.0873. The van der Waals surface area contributed by atoms with Gasteiger partial charge in [0, 0.05) is 11.4 Å². The van der Waals surface area contributed by atoms with E-state index in [0.717, 1.165) is 21.0 Å². The highest BCUT2D eigenvalue weighted by molar-refractivity contribution is 7.91. The van der Waals surface area contributed by atoms with Crippen molar-refractivity contribution in [3.8, 4) is 0 Å². The second-order valence-corrected chi connectivity index (χ2v) is 10.5. The van der Waals surface area contributed by atoms with Gasteiger partial charge in [-0.15, -0.1) is 11.3 Å². The first-order valence-electron chi connectivity index (χ1n) is 7.78. The molecular formula is C17H18NO5PS2. The molecular weight excluding hydrogens is 393 g/mol. The van der Waals surface area contributed by atoms with Gasteiger partial charge in [-0.1, -0.05) is 54.6 Å². The van der Waals surface area contributed by atoms with Crippen molar-refractivity contribution in [2.24, 2.45) is 0 Å². The fourth-order valence-electron chi connectivity index (χ4n) is 2.76. The van der Waals surface area contributed by atoms with Crippen molar-refractivity contribution in [3.05, 3.63) is 65.5 Å². The van der Waals surface area contributed by atoms with Crippen molar-refractivity contribution in [2.45, 2.75) is 17.2 Å². The van der Waals surface area contributed by atoms with Crippen molar-refractivity contribution in [1.82, 2.24) is 4.31 Å². The van der Waals surface area contributed by atoms with Crippen LogP contribution in [0.3, 0.4) is 0 Å². The van der Waals surface area contributed by atoms with Gasteiger partial charge < -0.3 is 9.79 Å². The third-order valence-corrected chi connectivity index (χ3v) is 8.40. The molecule has 1 aromatic heterocycles. The van der Waals surface area contributed by atoms with E-state index in [1.165, 1.54) is 0 Å². The van der Waals surface area contributed by atoms with E-state index in [4.69, 9.17) is 0 Å². The summed E-state index contributed by atoms with van der Waals surface area (Å²) in [6, 6.07) is 15.1. The van der Waals surface area contributed by atoms with Gasteiger partial charge in [-0.2, -0.15) is 4.31 Å². The molecule has 3 rings (SSSR count). The molecule has 0 bridgehead atoms. The van der Waals surface area contributed by atoms with Gasteiger partial charge in [0.2, 0.25) is 0 Å². The molecule has 3 aromatic rings. The summed E-state index contributed by atoms with van der Waals surface area (Å²) < 4.78 is 39.2. The van der Waals surface area contributed by atoms with Crippen LogP contribution in [-0.2, 0) is 14.6 Å². The zero-order chi connectivity index (χ0) is 18.9. The number of fused-ring (bicyclic) bond motifs is 1. The fourth-order valence-corrected chi connectivity index (χ4v) is 7.31. The molecule has 0 fully saturated rings. The second kappa shape index (κ2) is 7.23. The first kappa shape index (κ1) is 19.2. The lowest BCUT2D eigenvalue weighted by atomic mass is 10.1. The third-order valence-electron chi connectivity index (χ3n) is 4.05. The smallest absolute Gasteiger partial charge is 0.324 e. The van der Waals surface area contributed by atoms with E-state index in [9.17, 15) is 22.8 Å². The van der Waals surface area contributed by atoms with E-state index in [1.807, 2.05) is 6.07 Å². The van der Waals surface area contributed by atoms with Crippen LogP contribution in [0.2, 0.25) is 0 Å². The Bertz CT molecular complexity index is 1060. The lowest BCUT2D eigenvalue weighted by Crippen LogP contribution is -2.34. The maximum absolute atomic E-state index is 13.3. The quantitative estimate of drug-likeness (QED) is 0.602. The molecule has 0 aliphatic rings. The SMILES string of the molecule is CC(c1ccccc1)N(CP(=O)(O)O)S(=O)(=O)c1scc2ccccc12. The van der Waals surface area contributed by atoms with Crippen LogP contribution in [0.1, 0.15) is 18.5 Å². The van der Waals surface area contributed by atoms with Crippen molar-refractivity contribution in [3.63, 3.8) is 0 Å². The summed E-state index contributed by atoms with van der Waals surface area (Å²) in [6.07, 6.45) is -0.877. The van der Waals surface area contributed by atoms with E-state index in [1.54, 1.807) is 60.8 Å². The van der Waals surface area contributed by atoms with Crippen molar-refractivity contribution < 1.29 is 22.8 Å². The molecule has 1 atom stereocenters. The summed E-state index contributed by atoms with van der Waals surface area (Å²) in [5.41, 5.74) is 0.658. The molecule has 138 valence electrons. The van der Waals surface area contributed by atoms with Crippen LogP contribution in [0.5, 0.6) is 0 Å². The molecule has 0 saturated heterocycles. The largest absolute Gasteiger partial charge is 0.340 e. The zero-order valence-corrected chi connectivity index (χ0v) is 16.4. The molecule has 0 saturated carbocycles. The van der Waals surface area contributed by atoms with Crippen LogP contribution >= 0.6 is 18.9 Å². The molecule has 0 radical (unpaired) electrons. The standard InChI is InChI=1S/C17H18NO5PS2/c1-13(14-7-3-2-4-8-14)18(12-24(19,20)21)26(22,23)17-16-10-6-5-9-15(16)11-25-17/h2-11,13H,12H2,1H3,(H2,19,20,21). The molecule has 0 aliphatic heterocycles. The molecule has 0 spiro atoms. The number of nitrogens with zero attached hydrogens (tertiary/aromatic N) is 1. The van der Waals surface area contributed by atoms with Crippen LogP contribution in [0.4, 0.5) is 0 Å². The van der Waals surface area contributed by atoms with Gasteiger partial charge in [0.25, 0.3) is 10.0 Å². The Kier molecular flexibility index (Phi) is 5.35. The van der Waals surface area contributed by atoms with E-state index in [-0.39, 0.29) is 4.21 Å². The predicted octanol–water partition coefficient (Wildman–Crippen LogP) is 3.79. The summed E-state index contributed by atoms with van der Waals surface area (Å²) in [6.45, 7) is 1.62. The van der Waals surface area contributed by atoms with Crippen LogP contribution < -0.4 is 0 Å². The van der Waals surface area contributed by atoms with Gasteiger partial charge in [-0.05, 0) is 23.3 Å². The van der Waals surface area contributed by atoms with Gasteiger partial charge in [-0.25, -0.2) is 8.42 Å². The van der Waals surface area contributed by atoms with E-state index >= 15 is 0 Å². The number of sulfonamides is 1. The van der Waals surface area contributed by atoms with Gasteiger partial charge >= 0.3 is 7.60 Å². The lowest BCUT2D eigenvalue weighted by Gasteiger charge is -2.28. The normalized spacial score (nSPS) is 14.0. The topological polar surface area (TPSA) is 94.9 Å². The fraction of sp³-hybridized carbons (Fsp3) is 0.176. The highest BCUT2D eigenvalue weighted by Crippen LogP contribution is 2.42. The van der Waals surface area contributed by atoms with Crippen molar-refractivity contribution in [1.29, 1.82) is 0 Å². The average molecular weight is 411 g/mol. The number of hydrogen-bond acceptors (Lipinski definition) is 4. The average Bonchev–Trinajstić information content (AvgIpc) is 3.04. The summed E-state index contributed by atoms with van der Waals surface area (Å²) in [5.74, 6) is 0. The maximum Gasteiger partial charge on any atom is 0.340 e. The van der Waals surface area contributed by atoms with E-state index in [0.29, 0.717) is 10.9 Å². The van der Waals surface area contributed by atoms with Gasteiger partial charge in [0.05, 0.1) is 0 Å². The first-order chi connectivity index (χ1) is 12.2. The Morgan fingerprint density at radius 2 is 1.69 bits per heavy atom. The van der Waals surface area contributed by atoms with Gasteiger partial charge in [-0.3, -0.25) is 4.57 Å². The predicted molar refractivity (Wildman–Crippen MR) is 103 cm³/mol. The van der Waals surface area contributed by atoms with Crippen LogP contribution in [-0.4, -0.2) is 28.8 Å². The maximum atomic E-state index is 13.3. The molecule has 26 heavy (non-hydrogen) atoms. The van der Waals surface area contributed by atoms with Crippen LogP contribution in [0.25, 0.3) is 10.8 Å². The molecule has 1 unspecified atom stereocenters. The second-order valence-electron chi connectivity index (χ2n) is 5.90. The van der Waals surface area contributed by atoms with Crippen LogP contribution in [0, 0.1) is 0 Å². The summed E-state index contributed by atoms with van der Waals surface area (Å²) in [7, 11) is -8.71. The van der Waals surface area contributed by atoms with Crippen molar-refractivity contribution >= 4 is 39.7 Å². The third kappa shape index (κ3) is 3.91. The van der Waals surface area contributed by atoms with Crippen molar-refractivity contribution in [2.75, 3.05) is 6.29 Å². The molecule has 0 aliphatic carbocycles. The van der Waals surface area contributed by atoms with E-state index in [2.05, 4.69) is 0 Å². The number of thiophene rings is 1.